The van der Waals surface area contributed by atoms with Crippen molar-refractivity contribution in [2.75, 3.05) is 12.4 Å². The molecule has 33 heavy (non-hydrogen) atoms. The number of hydrogen-bond donors (Lipinski definition) is 3. The normalized spacial score (nSPS) is 11.6. The predicted octanol–water partition coefficient (Wildman–Crippen LogP) is 4.71. The van der Waals surface area contributed by atoms with E-state index in [4.69, 9.17) is 9.26 Å². The summed E-state index contributed by atoms with van der Waals surface area (Å²) in [6, 6.07) is 7.85. The highest BCUT2D eigenvalue weighted by atomic mass is 16.5. The minimum absolute atomic E-state index is 0.631. The van der Waals surface area contributed by atoms with Crippen molar-refractivity contribution in [2.24, 2.45) is 0 Å². The van der Waals surface area contributed by atoms with Gasteiger partial charge in [-0.2, -0.15) is 5.10 Å². The van der Waals surface area contributed by atoms with Crippen LogP contribution in [0.15, 0.2) is 35.0 Å². The molecule has 0 amide bonds. The van der Waals surface area contributed by atoms with Crippen molar-refractivity contribution < 1.29 is 9.26 Å². The third-order valence-corrected chi connectivity index (χ3v) is 5.76. The first-order chi connectivity index (χ1) is 16.0. The number of H-pyrrole nitrogens is 2. The van der Waals surface area contributed by atoms with Gasteiger partial charge in [0, 0.05) is 22.7 Å². The minimum atomic E-state index is 0.631. The summed E-state index contributed by atoms with van der Waals surface area (Å²) < 4.78 is 11.2. The topological polar surface area (TPSA) is 130 Å². The number of nitrogens with one attached hydrogen (secondary N) is 3. The third kappa shape index (κ3) is 2.91. The molecule has 0 fully saturated rings. The van der Waals surface area contributed by atoms with Crippen LogP contribution in [0.5, 0.6) is 5.75 Å². The van der Waals surface area contributed by atoms with Gasteiger partial charge in [-0.05, 0) is 45.0 Å². The molecule has 0 aliphatic carbocycles. The molecule has 6 aromatic rings. The van der Waals surface area contributed by atoms with Crippen LogP contribution in [0.3, 0.4) is 0 Å². The second kappa shape index (κ2) is 7.02. The zero-order valence-corrected chi connectivity index (χ0v) is 18.4. The Hall–Kier alpha value is -4.47. The molecule has 10 heteroatoms. The number of ether oxygens (including phenoxy) is 1. The maximum Gasteiger partial charge on any atom is 0.183 e. The van der Waals surface area contributed by atoms with Gasteiger partial charge in [0.05, 0.1) is 29.1 Å². The molecule has 3 N–H and O–H groups in total. The second-order valence-electron chi connectivity index (χ2n) is 7.86. The van der Waals surface area contributed by atoms with Crippen LogP contribution in [-0.4, -0.2) is 42.4 Å². The van der Waals surface area contributed by atoms with Crippen LogP contribution in [0.1, 0.15) is 17.3 Å². The lowest BCUT2D eigenvalue weighted by Gasteiger charge is -2.10. The average molecular weight is 440 g/mol. The first-order valence-electron chi connectivity index (χ1n) is 10.4. The monoisotopic (exact) mass is 440 g/mol. The SMILES string of the molecule is COc1cc2c(cc1-c1c(C)noc1C)[nH]c1nc(C)nc(Nc3[nH]nc4ncccc34)c12. The summed E-state index contributed by atoms with van der Waals surface area (Å²) in [5.41, 5.74) is 4.88. The molecule has 0 radical (unpaired) electrons. The average Bonchev–Trinajstić information content (AvgIpc) is 3.47. The van der Waals surface area contributed by atoms with E-state index in [0.29, 0.717) is 28.9 Å². The molecule has 10 nitrogen and oxygen atoms in total. The molecule has 5 aromatic heterocycles. The second-order valence-corrected chi connectivity index (χ2v) is 7.86. The van der Waals surface area contributed by atoms with E-state index in [0.717, 1.165) is 49.9 Å². The van der Waals surface area contributed by atoms with E-state index in [-0.39, 0.29) is 0 Å². The van der Waals surface area contributed by atoms with Crippen LogP contribution in [0, 0.1) is 20.8 Å². The number of aryl methyl sites for hydroxylation is 3. The Morgan fingerprint density at radius 3 is 2.76 bits per heavy atom. The van der Waals surface area contributed by atoms with E-state index in [9.17, 15) is 0 Å². The van der Waals surface area contributed by atoms with Gasteiger partial charge in [0.25, 0.3) is 0 Å². The number of benzene rings is 1. The molecule has 0 saturated heterocycles. The van der Waals surface area contributed by atoms with Crippen molar-refractivity contribution in [1.29, 1.82) is 0 Å². The molecule has 0 spiro atoms. The quantitative estimate of drug-likeness (QED) is 0.359. The fourth-order valence-corrected chi connectivity index (χ4v) is 4.32. The molecular weight excluding hydrogens is 420 g/mol. The maximum atomic E-state index is 5.76. The van der Waals surface area contributed by atoms with Crippen LogP contribution in [-0.2, 0) is 0 Å². The summed E-state index contributed by atoms with van der Waals surface area (Å²) in [6.45, 7) is 5.67. The lowest BCUT2D eigenvalue weighted by molar-refractivity contribution is 0.393. The van der Waals surface area contributed by atoms with Crippen LogP contribution in [0.25, 0.3) is 44.1 Å². The van der Waals surface area contributed by atoms with Crippen LogP contribution < -0.4 is 10.1 Å². The lowest BCUT2D eigenvalue weighted by Crippen LogP contribution is -1.99. The number of methoxy groups -OCH3 is 1. The largest absolute Gasteiger partial charge is 0.496 e. The molecule has 0 saturated carbocycles. The van der Waals surface area contributed by atoms with Gasteiger partial charge in [0.1, 0.15) is 34.6 Å². The number of anilines is 2. The van der Waals surface area contributed by atoms with Gasteiger partial charge in [-0.15, -0.1) is 0 Å². The van der Waals surface area contributed by atoms with E-state index in [1.165, 1.54) is 0 Å². The first-order valence-corrected chi connectivity index (χ1v) is 10.4. The molecule has 6 rings (SSSR count). The number of nitrogens with zero attached hydrogens (tertiary/aromatic N) is 5. The van der Waals surface area contributed by atoms with Crippen molar-refractivity contribution >= 4 is 44.6 Å². The number of aromatic nitrogens is 7. The molecule has 1 aromatic carbocycles. The summed E-state index contributed by atoms with van der Waals surface area (Å²) in [6.07, 6.45) is 1.71. The van der Waals surface area contributed by atoms with Gasteiger partial charge in [-0.25, -0.2) is 15.0 Å². The molecule has 0 unspecified atom stereocenters. The van der Waals surface area contributed by atoms with Crippen molar-refractivity contribution in [3.8, 4) is 16.9 Å². The van der Waals surface area contributed by atoms with Gasteiger partial charge in [-0.1, -0.05) is 5.16 Å². The molecule has 0 aliphatic rings. The van der Waals surface area contributed by atoms with Gasteiger partial charge >= 0.3 is 0 Å². The Morgan fingerprint density at radius 2 is 1.97 bits per heavy atom. The van der Waals surface area contributed by atoms with Crippen molar-refractivity contribution in [3.63, 3.8) is 0 Å². The zero-order valence-electron chi connectivity index (χ0n) is 18.4. The molecule has 0 bridgehead atoms. The van der Waals surface area contributed by atoms with Gasteiger partial charge in [-0.3, -0.25) is 5.10 Å². The van der Waals surface area contributed by atoms with Crippen LogP contribution >= 0.6 is 0 Å². The van der Waals surface area contributed by atoms with Gasteiger partial charge in [0.2, 0.25) is 0 Å². The Bertz CT molecular complexity index is 1660. The molecule has 5 heterocycles. The predicted molar refractivity (Wildman–Crippen MR) is 125 cm³/mol. The molecular formula is C23H20N8O2. The summed E-state index contributed by atoms with van der Waals surface area (Å²) >= 11 is 0. The van der Waals surface area contributed by atoms with Crippen molar-refractivity contribution in [2.45, 2.75) is 20.8 Å². The zero-order chi connectivity index (χ0) is 22.7. The maximum absolute atomic E-state index is 5.76. The number of pyridine rings is 1. The van der Waals surface area contributed by atoms with Gasteiger partial charge in [0.15, 0.2) is 5.65 Å². The summed E-state index contributed by atoms with van der Waals surface area (Å²) in [5, 5.41) is 17.4. The van der Waals surface area contributed by atoms with Crippen molar-refractivity contribution in [1.82, 2.24) is 35.3 Å². The number of hydrogen-bond acceptors (Lipinski definition) is 8. The summed E-state index contributed by atoms with van der Waals surface area (Å²) in [5.74, 6) is 3.45. The van der Waals surface area contributed by atoms with E-state index in [2.05, 4.69) is 40.6 Å². The Balaban J connectivity index is 1.59. The third-order valence-electron chi connectivity index (χ3n) is 5.76. The van der Waals surface area contributed by atoms with Gasteiger partial charge < -0.3 is 19.6 Å². The fourth-order valence-electron chi connectivity index (χ4n) is 4.32. The Morgan fingerprint density at radius 1 is 1.09 bits per heavy atom. The van der Waals surface area contributed by atoms with E-state index < -0.39 is 0 Å². The summed E-state index contributed by atoms with van der Waals surface area (Å²) in [4.78, 5) is 17.0. The first kappa shape index (κ1) is 19.2. The van der Waals surface area contributed by atoms with E-state index >= 15 is 0 Å². The van der Waals surface area contributed by atoms with E-state index in [1.54, 1.807) is 13.3 Å². The van der Waals surface area contributed by atoms with Crippen molar-refractivity contribution in [3.05, 3.63) is 47.7 Å². The number of aromatic amines is 2. The van der Waals surface area contributed by atoms with Crippen LogP contribution in [0.4, 0.5) is 11.6 Å². The lowest BCUT2D eigenvalue weighted by atomic mass is 10.0. The standard InChI is InChI=1S/C23H20N8O2/c1-10-18(11(2)33-31-10)15-8-16-14(9-17(15)32-4)19-22(27-16)25-12(3)26-23(19)28-21-13-6-5-7-24-20(13)29-30-21/h5-9H,1-4H3,(H3,24,25,26,27,28,29,30). The molecule has 0 atom stereocenters. The van der Waals surface area contributed by atoms with E-state index in [1.807, 2.05) is 45.0 Å². The highest BCUT2D eigenvalue weighted by molar-refractivity contribution is 6.13. The van der Waals surface area contributed by atoms with Crippen LogP contribution in [0.2, 0.25) is 0 Å². The highest BCUT2D eigenvalue weighted by Gasteiger charge is 2.21. The number of fused-ring (bicyclic) bond motifs is 4. The minimum Gasteiger partial charge on any atom is -0.496 e. The smallest absolute Gasteiger partial charge is 0.183 e. The Labute approximate surface area is 187 Å². The molecule has 164 valence electrons. The highest BCUT2D eigenvalue weighted by Crippen LogP contribution is 2.41. The number of rotatable bonds is 4. The summed E-state index contributed by atoms with van der Waals surface area (Å²) in [7, 11) is 1.65. The molecule has 0 aliphatic heterocycles. The fraction of sp³-hybridized carbons (Fsp3) is 0.174. The Kier molecular flexibility index (Phi) is 4.09.